The second-order valence-corrected chi connectivity index (χ2v) is 3.64. The number of nitro groups is 1. The Balaban J connectivity index is 3.16. The molecule has 2 N–H and O–H groups in total. The molecule has 90 valence electrons. The summed E-state index contributed by atoms with van der Waals surface area (Å²) in [5.41, 5.74) is 5.86. The van der Waals surface area contributed by atoms with E-state index in [2.05, 4.69) is 9.98 Å². The smallest absolute Gasteiger partial charge is 0.311 e. The fraction of sp³-hybridized carbons (Fsp3) is 0.273. The number of pyridine rings is 1. The summed E-state index contributed by atoms with van der Waals surface area (Å²) in [6.45, 7) is 3.65. The number of hydrogen-bond donors (Lipinski definition) is 1. The van der Waals surface area contributed by atoms with Gasteiger partial charge in [-0.15, -0.1) is 0 Å². The van der Waals surface area contributed by atoms with Gasteiger partial charge in [-0.25, -0.2) is 0 Å². The van der Waals surface area contributed by atoms with E-state index in [1.807, 2.05) is 13.8 Å². The second-order valence-electron chi connectivity index (χ2n) is 3.64. The first-order chi connectivity index (χ1) is 8.02. The average Bonchev–Trinajstić information content (AvgIpc) is 2.29. The highest BCUT2D eigenvalue weighted by Gasteiger charge is 2.16. The number of allylic oxidation sites excluding steroid dienone is 1. The summed E-state index contributed by atoms with van der Waals surface area (Å²) in [7, 11) is 0. The predicted molar refractivity (Wildman–Crippen MR) is 66.0 cm³/mol. The van der Waals surface area contributed by atoms with Crippen LogP contribution in [0.25, 0.3) is 5.70 Å². The normalized spacial score (nSPS) is 12.9. The Bertz CT molecular complexity index is 452. The summed E-state index contributed by atoms with van der Waals surface area (Å²) in [5.74, 6) is 0. The van der Waals surface area contributed by atoms with E-state index in [9.17, 15) is 10.1 Å². The molecule has 0 aromatic carbocycles. The maximum absolute atomic E-state index is 10.9. The summed E-state index contributed by atoms with van der Waals surface area (Å²) >= 11 is 0. The standard InChI is InChI=1S/C11H14N4O2/c1-8(2)14-7-10(15(16)17)11(12)9-5-3-4-6-13-9/h3-8H,12H2,1-2H3. The van der Waals surface area contributed by atoms with Crippen molar-refractivity contribution in [1.29, 1.82) is 0 Å². The first-order valence-corrected chi connectivity index (χ1v) is 5.11. The summed E-state index contributed by atoms with van der Waals surface area (Å²) in [4.78, 5) is 18.2. The van der Waals surface area contributed by atoms with Crippen LogP contribution in [0.1, 0.15) is 19.5 Å². The molecule has 0 saturated heterocycles. The van der Waals surface area contributed by atoms with E-state index in [1.165, 1.54) is 12.4 Å². The summed E-state index contributed by atoms with van der Waals surface area (Å²) < 4.78 is 0. The molecule has 0 radical (unpaired) electrons. The van der Waals surface area contributed by atoms with Crippen LogP contribution < -0.4 is 5.73 Å². The molecule has 17 heavy (non-hydrogen) atoms. The zero-order chi connectivity index (χ0) is 12.8. The lowest BCUT2D eigenvalue weighted by molar-refractivity contribution is -0.413. The van der Waals surface area contributed by atoms with E-state index in [0.29, 0.717) is 5.69 Å². The van der Waals surface area contributed by atoms with Gasteiger partial charge < -0.3 is 5.73 Å². The molecule has 0 saturated carbocycles. The van der Waals surface area contributed by atoms with Gasteiger partial charge in [-0.2, -0.15) is 0 Å². The minimum atomic E-state index is -0.560. The molecule has 0 fully saturated rings. The second kappa shape index (κ2) is 5.74. The highest BCUT2D eigenvalue weighted by molar-refractivity contribution is 5.86. The average molecular weight is 234 g/mol. The summed E-state index contributed by atoms with van der Waals surface area (Å²) in [6.07, 6.45) is 2.70. The Morgan fingerprint density at radius 1 is 1.59 bits per heavy atom. The Morgan fingerprint density at radius 3 is 2.76 bits per heavy atom. The maximum atomic E-state index is 10.9. The van der Waals surface area contributed by atoms with Crippen LogP contribution in [0.2, 0.25) is 0 Å². The molecule has 0 bridgehead atoms. The quantitative estimate of drug-likeness (QED) is 0.484. The van der Waals surface area contributed by atoms with E-state index in [1.54, 1.807) is 18.2 Å². The molecule has 6 heteroatoms. The van der Waals surface area contributed by atoms with Crippen molar-refractivity contribution in [1.82, 2.24) is 4.98 Å². The first kappa shape index (κ1) is 12.8. The van der Waals surface area contributed by atoms with Crippen LogP contribution in [0, 0.1) is 10.1 Å². The Hall–Kier alpha value is -2.24. The van der Waals surface area contributed by atoms with Crippen molar-refractivity contribution < 1.29 is 4.92 Å². The lowest BCUT2D eigenvalue weighted by atomic mass is 10.2. The molecule has 0 aliphatic heterocycles. The molecule has 0 aliphatic carbocycles. The van der Waals surface area contributed by atoms with Crippen molar-refractivity contribution in [2.24, 2.45) is 10.7 Å². The number of aliphatic imine (C=N–C) groups is 1. The van der Waals surface area contributed by atoms with Crippen LogP contribution in [-0.4, -0.2) is 22.2 Å². The molecule has 6 nitrogen and oxygen atoms in total. The molecule has 0 aliphatic rings. The van der Waals surface area contributed by atoms with Crippen molar-refractivity contribution >= 4 is 11.9 Å². The van der Waals surface area contributed by atoms with Crippen LogP contribution in [0.5, 0.6) is 0 Å². The van der Waals surface area contributed by atoms with E-state index in [4.69, 9.17) is 5.73 Å². The van der Waals surface area contributed by atoms with E-state index in [-0.39, 0.29) is 17.4 Å². The SMILES string of the molecule is CC(C)N=CC(=C(N)c1ccccn1)[N+](=O)[O-]. The molecule has 1 aromatic rings. The van der Waals surface area contributed by atoms with Crippen LogP contribution in [0.3, 0.4) is 0 Å². The molecule has 0 atom stereocenters. The number of nitrogens with zero attached hydrogens (tertiary/aromatic N) is 3. The highest BCUT2D eigenvalue weighted by atomic mass is 16.6. The van der Waals surface area contributed by atoms with Crippen LogP contribution in [-0.2, 0) is 0 Å². The van der Waals surface area contributed by atoms with Crippen molar-refractivity contribution in [3.63, 3.8) is 0 Å². The zero-order valence-electron chi connectivity index (χ0n) is 9.70. The number of aromatic nitrogens is 1. The van der Waals surface area contributed by atoms with Gasteiger partial charge in [0.05, 0.1) is 10.6 Å². The van der Waals surface area contributed by atoms with Gasteiger partial charge >= 0.3 is 5.70 Å². The number of nitrogens with two attached hydrogens (primary N) is 1. The first-order valence-electron chi connectivity index (χ1n) is 5.11. The highest BCUT2D eigenvalue weighted by Crippen LogP contribution is 2.10. The van der Waals surface area contributed by atoms with Gasteiger partial charge in [0.25, 0.3) is 0 Å². The third-order valence-electron chi connectivity index (χ3n) is 1.91. The van der Waals surface area contributed by atoms with E-state index >= 15 is 0 Å². The number of rotatable bonds is 4. The van der Waals surface area contributed by atoms with Gasteiger partial charge in [-0.3, -0.25) is 20.1 Å². The van der Waals surface area contributed by atoms with Gasteiger partial charge in [-0.1, -0.05) is 6.07 Å². The van der Waals surface area contributed by atoms with Crippen molar-refractivity contribution in [3.05, 3.63) is 45.9 Å². The van der Waals surface area contributed by atoms with Crippen molar-refractivity contribution in [2.75, 3.05) is 0 Å². The summed E-state index contributed by atoms with van der Waals surface area (Å²) in [6, 6.07) is 5.01. The van der Waals surface area contributed by atoms with Crippen molar-refractivity contribution in [3.8, 4) is 0 Å². The fourth-order valence-electron chi connectivity index (χ4n) is 1.09. The van der Waals surface area contributed by atoms with Crippen molar-refractivity contribution in [2.45, 2.75) is 19.9 Å². The molecule has 0 spiro atoms. The molecule has 1 rings (SSSR count). The largest absolute Gasteiger partial charge is 0.391 e. The number of hydrogen-bond acceptors (Lipinski definition) is 5. The lowest BCUT2D eigenvalue weighted by Gasteiger charge is -2.00. The third-order valence-corrected chi connectivity index (χ3v) is 1.91. The topological polar surface area (TPSA) is 94.4 Å². The lowest BCUT2D eigenvalue weighted by Crippen LogP contribution is -2.11. The Labute approximate surface area is 99.0 Å². The molecular formula is C11H14N4O2. The fourth-order valence-corrected chi connectivity index (χ4v) is 1.09. The molecular weight excluding hydrogens is 220 g/mol. The zero-order valence-corrected chi connectivity index (χ0v) is 9.70. The maximum Gasteiger partial charge on any atom is 0.311 e. The van der Waals surface area contributed by atoms with Gasteiger partial charge in [0.15, 0.2) is 0 Å². The van der Waals surface area contributed by atoms with Gasteiger partial charge in [-0.05, 0) is 26.0 Å². The third kappa shape index (κ3) is 3.67. The molecule has 0 amide bonds. The minimum absolute atomic E-state index is 0.0139. The van der Waals surface area contributed by atoms with Gasteiger partial charge in [0.1, 0.15) is 11.9 Å². The molecule has 1 heterocycles. The van der Waals surface area contributed by atoms with Gasteiger partial charge in [0.2, 0.25) is 0 Å². The minimum Gasteiger partial charge on any atom is -0.391 e. The van der Waals surface area contributed by atoms with Crippen LogP contribution >= 0.6 is 0 Å². The summed E-state index contributed by atoms with van der Waals surface area (Å²) in [5, 5.41) is 10.9. The van der Waals surface area contributed by atoms with Crippen LogP contribution in [0.15, 0.2) is 35.1 Å². The monoisotopic (exact) mass is 234 g/mol. The Kier molecular flexibility index (Phi) is 4.33. The van der Waals surface area contributed by atoms with Gasteiger partial charge in [0, 0.05) is 12.2 Å². The molecule has 0 unspecified atom stereocenters. The predicted octanol–water partition coefficient (Wildman–Crippen LogP) is 1.46. The van der Waals surface area contributed by atoms with E-state index in [0.717, 1.165) is 0 Å². The Morgan fingerprint density at radius 2 is 2.29 bits per heavy atom. The van der Waals surface area contributed by atoms with E-state index < -0.39 is 4.92 Å². The molecule has 1 aromatic heterocycles. The van der Waals surface area contributed by atoms with Crippen LogP contribution in [0.4, 0.5) is 0 Å².